The molecule has 0 aliphatic heterocycles. The van der Waals surface area contributed by atoms with Crippen molar-refractivity contribution in [3.05, 3.63) is 83.0 Å². The second-order valence-electron chi connectivity index (χ2n) is 7.39. The summed E-state index contributed by atoms with van der Waals surface area (Å²) in [6.45, 7) is -0.100. The number of hydrogen-bond donors (Lipinski definition) is 3. The second-order valence-corrected chi connectivity index (χ2v) is 8.42. The molecule has 3 aromatic carbocycles. The minimum absolute atomic E-state index is 0.0377. The van der Waals surface area contributed by atoms with Crippen molar-refractivity contribution in [1.82, 2.24) is 20.4 Å². The van der Waals surface area contributed by atoms with Crippen molar-refractivity contribution < 1.29 is 9.59 Å². The maximum Gasteiger partial charge on any atom is 0.258 e. The van der Waals surface area contributed by atoms with Crippen LogP contribution in [0.15, 0.2) is 77.6 Å². The molecule has 0 bridgehead atoms. The molecule has 0 atom stereocenters. The molecule has 2 heterocycles. The Labute approximate surface area is 191 Å². The van der Waals surface area contributed by atoms with Gasteiger partial charge in [-0.1, -0.05) is 47.7 Å². The Hall–Kier alpha value is -4.24. The Balaban J connectivity index is 1.26. The standard InChI is InChI=1S/C24H19N5O3S/c30-21(13-25-24-26-17-9-3-6-12-20(17)33-24)27-28-22(31)14-29-18-10-4-1-7-15(18)23(32)16-8-2-5-11-19(16)29/h1-12H,13-14H2,(H,25,26)(H,27,30)(H,28,31). The van der Waals surface area contributed by atoms with E-state index in [0.29, 0.717) is 26.9 Å². The summed E-state index contributed by atoms with van der Waals surface area (Å²) < 4.78 is 2.79. The highest BCUT2D eigenvalue weighted by Gasteiger charge is 2.13. The predicted octanol–water partition coefficient (Wildman–Crippen LogP) is 3.02. The van der Waals surface area contributed by atoms with Crippen LogP contribution in [0, 0.1) is 0 Å². The molecule has 5 rings (SSSR count). The number of para-hydroxylation sites is 3. The highest BCUT2D eigenvalue weighted by atomic mass is 32.1. The van der Waals surface area contributed by atoms with Gasteiger partial charge >= 0.3 is 0 Å². The Kier molecular flexibility index (Phi) is 5.45. The number of nitrogens with zero attached hydrogens (tertiary/aromatic N) is 2. The molecular formula is C24H19N5O3S. The van der Waals surface area contributed by atoms with Crippen molar-refractivity contribution in [3.8, 4) is 0 Å². The lowest BCUT2D eigenvalue weighted by molar-refractivity contribution is -0.128. The van der Waals surface area contributed by atoms with Gasteiger partial charge in [0.05, 0.1) is 27.8 Å². The van der Waals surface area contributed by atoms with Gasteiger partial charge in [-0.05, 0) is 36.4 Å². The SMILES string of the molecule is O=C(CNc1nc2ccccc2s1)NNC(=O)Cn1c2ccccc2c(=O)c2ccccc21. The maximum atomic E-state index is 12.8. The van der Waals surface area contributed by atoms with Gasteiger partial charge < -0.3 is 9.88 Å². The number of fused-ring (bicyclic) bond motifs is 3. The molecule has 2 aromatic heterocycles. The minimum atomic E-state index is -0.415. The fourth-order valence-corrected chi connectivity index (χ4v) is 4.58. The molecule has 0 saturated carbocycles. The normalized spacial score (nSPS) is 11.0. The van der Waals surface area contributed by atoms with Gasteiger partial charge in [-0.3, -0.25) is 25.2 Å². The molecule has 9 heteroatoms. The average molecular weight is 458 g/mol. The molecule has 164 valence electrons. The van der Waals surface area contributed by atoms with E-state index in [9.17, 15) is 14.4 Å². The Morgan fingerprint density at radius 1 is 0.818 bits per heavy atom. The van der Waals surface area contributed by atoms with E-state index in [0.717, 1.165) is 10.2 Å². The number of carbonyl (C=O) groups is 2. The zero-order chi connectivity index (χ0) is 22.8. The van der Waals surface area contributed by atoms with Crippen LogP contribution in [0.4, 0.5) is 5.13 Å². The van der Waals surface area contributed by atoms with Gasteiger partial charge in [0.15, 0.2) is 10.6 Å². The van der Waals surface area contributed by atoms with Gasteiger partial charge in [0.1, 0.15) is 6.54 Å². The van der Waals surface area contributed by atoms with Crippen LogP contribution >= 0.6 is 11.3 Å². The molecule has 8 nitrogen and oxygen atoms in total. The van der Waals surface area contributed by atoms with E-state index in [1.807, 2.05) is 36.4 Å². The number of hydrogen-bond acceptors (Lipinski definition) is 6. The third-order valence-corrected chi connectivity index (χ3v) is 6.21. The van der Waals surface area contributed by atoms with E-state index in [-0.39, 0.29) is 18.5 Å². The lowest BCUT2D eigenvalue weighted by Gasteiger charge is -2.15. The molecule has 2 amide bonds. The van der Waals surface area contributed by atoms with Gasteiger partial charge in [0.2, 0.25) is 0 Å². The number of aromatic nitrogens is 2. The first-order valence-corrected chi connectivity index (χ1v) is 11.1. The highest BCUT2D eigenvalue weighted by Crippen LogP contribution is 2.25. The summed E-state index contributed by atoms with van der Waals surface area (Å²) >= 11 is 1.45. The Morgan fingerprint density at radius 3 is 2.12 bits per heavy atom. The number of amides is 2. The highest BCUT2D eigenvalue weighted by molar-refractivity contribution is 7.22. The first-order valence-electron chi connectivity index (χ1n) is 10.3. The fraction of sp³-hybridized carbons (Fsp3) is 0.0833. The van der Waals surface area contributed by atoms with Crippen LogP contribution in [0.2, 0.25) is 0 Å². The number of anilines is 1. The smallest absolute Gasteiger partial charge is 0.258 e. The zero-order valence-corrected chi connectivity index (χ0v) is 18.2. The zero-order valence-electron chi connectivity index (χ0n) is 17.4. The van der Waals surface area contributed by atoms with Crippen molar-refractivity contribution in [2.24, 2.45) is 0 Å². The molecule has 0 fully saturated rings. The molecule has 0 aliphatic carbocycles. The second kappa shape index (κ2) is 8.71. The molecule has 5 aromatic rings. The summed E-state index contributed by atoms with van der Waals surface area (Å²) in [6, 6.07) is 22.0. The van der Waals surface area contributed by atoms with Gasteiger partial charge in [-0.25, -0.2) is 4.98 Å². The molecule has 0 aliphatic rings. The van der Waals surface area contributed by atoms with Gasteiger partial charge in [0.25, 0.3) is 11.8 Å². The molecule has 0 spiro atoms. The van der Waals surface area contributed by atoms with Crippen molar-refractivity contribution in [1.29, 1.82) is 0 Å². The number of rotatable bonds is 5. The van der Waals surface area contributed by atoms with E-state index in [1.165, 1.54) is 11.3 Å². The lowest BCUT2D eigenvalue weighted by Crippen LogP contribution is -2.45. The van der Waals surface area contributed by atoms with E-state index < -0.39 is 11.8 Å². The van der Waals surface area contributed by atoms with Crippen LogP contribution in [0.5, 0.6) is 0 Å². The number of thiazole rings is 1. The van der Waals surface area contributed by atoms with Crippen LogP contribution < -0.4 is 21.6 Å². The van der Waals surface area contributed by atoms with E-state index in [1.54, 1.807) is 41.0 Å². The third-order valence-electron chi connectivity index (χ3n) is 5.22. The van der Waals surface area contributed by atoms with Crippen molar-refractivity contribution in [2.75, 3.05) is 11.9 Å². The largest absolute Gasteiger partial charge is 0.352 e. The fourth-order valence-electron chi connectivity index (χ4n) is 3.72. The number of benzene rings is 3. The van der Waals surface area contributed by atoms with Gasteiger partial charge in [-0.15, -0.1) is 0 Å². The molecule has 3 N–H and O–H groups in total. The Morgan fingerprint density at radius 2 is 1.42 bits per heavy atom. The Bertz CT molecular complexity index is 1480. The van der Waals surface area contributed by atoms with Crippen LogP contribution in [0.25, 0.3) is 32.0 Å². The molecule has 0 unspecified atom stereocenters. The third kappa shape index (κ3) is 4.13. The van der Waals surface area contributed by atoms with E-state index >= 15 is 0 Å². The minimum Gasteiger partial charge on any atom is -0.352 e. The number of hydrazine groups is 1. The molecule has 33 heavy (non-hydrogen) atoms. The number of pyridine rings is 1. The van der Waals surface area contributed by atoms with Crippen molar-refractivity contribution in [3.63, 3.8) is 0 Å². The maximum absolute atomic E-state index is 12.8. The summed E-state index contributed by atoms with van der Waals surface area (Å²) in [6.07, 6.45) is 0. The summed E-state index contributed by atoms with van der Waals surface area (Å²) in [5.41, 5.74) is 6.95. The van der Waals surface area contributed by atoms with E-state index in [2.05, 4.69) is 21.2 Å². The predicted molar refractivity (Wildman–Crippen MR) is 130 cm³/mol. The van der Waals surface area contributed by atoms with Crippen LogP contribution in [0.1, 0.15) is 0 Å². The molecule has 0 radical (unpaired) electrons. The van der Waals surface area contributed by atoms with Gasteiger partial charge in [0, 0.05) is 10.8 Å². The summed E-state index contributed by atoms with van der Waals surface area (Å²) in [7, 11) is 0. The van der Waals surface area contributed by atoms with Crippen LogP contribution in [0.3, 0.4) is 0 Å². The van der Waals surface area contributed by atoms with E-state index in [4.69, 9.17) is 0 Å². The molecular weight excluding hydrogens is 438 g/mol. The number of carbonyl (C=O) groups excluding carboxylic acids is 2. The average Bonchev–Trinajstić information content (AvgIpc) is 3.27. The van der Waals surface area contributed by atoms with Crippen molar-refractivity contribution >= 4 is 60.3 Å². The van der Waals surface area contributed by atoms with Gasteiger partial charge in [-0.2, -0.15) is 0 Å². The van der Waals surface area contributed by atoms with Crippen molar-refractivity contribution in [2.45, 2.75) is 6.54 Å². The topological polar surface area (TPSA) is 105 Å². The first-order chi connectivity index (χ1) is 16.1. The molecule has 0 saturated heterocycles. The van der Waals surface area contributed by atoms with Crippen LogP contribution in [-0.4, -0.2) is 27.9 Å². The lowest BCUT2D eigenvalue weighted by atomic mass is 10.1. The monoisotopic (exact) mass is 457 g/mol. The number of nitrogens with one attached hydrogen (secondary N) is 3. The first kappa shape index (κ1) is 20.7. The summed E-state index contributed by atoms with van der Waals surface area (Å²) in [5.74, 6) is -0.820. The summed E-state index contributed by atoms with van der Waals surface area (Å²) in [5, 5.41) is 4.67. The van der Waals surface area contributed by atoms with Crippen LogP contribution in [-0.2, 0) is 16.1 Å². The quantitative estimate of drug-likeness (QED) is 0.278. The summed E-state index contributed by atoms with van der Waals surface area (Å²) in [4.78, 5) is 42.0.